The third kappa shape index (κ3) is 4.29. The molecule has 3 unspecified atom stereocenters. The van der Waals surface area contributed by atoms with Crippen LogP contribution < -0.4 is 5.32 Å². The predicted molar refractivity (Wildman–Crippen MR) is 87.9 cm³/mol. The third-order valence-corrected chi connectivity index (χ3v) is 5.03. The van der Waals surface area contributed by atoms with Gasteiger partial charge in [0.1, 0.15) is 5.82 Å². The van der Waals surface area contributed by atoms with Crippen LogP contribution in [0.1, 0.15) is 69.5 Å². The Balaban J connectivity index is 2.18. The first-order chi connectivity index (χ1) is 10.2. The fraction of sp³-hybridized carbons (Fsp3) is 0.684. The molecular formula is C19H30FN. The van der Waals surface area contributed by atoms with Crippen LogP contribution >= 0.6 is 0 Å². The van der Waals surface area contributed by atoms with Gasteiger partial charge in [0, 0.05) is 6.04 Å². The van der Waals surface area contributed by atoms with Crippen LogP contribution in [0.3, 0.4) is 0 Å². The summed E-state index contributed by atoms with van der Waals surface area (Å²) >= 11 is 0. The molecule has 21 heavy (non-hydrogen) atoms. The van der Waals surface area contributed by atoms with Crippen molar-refractivity contribution in [1.29, 1.82) is 0 Å². The average Bonchev–Trinajstić information content (AvgIpc) is 2.51. The summed E-state index contributed by atoms with van der Waals surface area (Å²) in [7, 11) is 0. The Morgan fingerprint density at radius 2 is 2.10 bits per heavy atom. The van der Waals surface area contributed by atoms with Crippen LogP contribution in [0.2, 0.25) is 0 Å². The summed E-state index contributed by atoms with van der Waals surface area (Å²) in [5, 5.41) is 3.72. The van der Waals surface area contributed by atoms with E-state index in [-0.39, 0.29) is 5.82 Å². The van der Waals surface area contributed by atoms with Gasteiger partial charge in [0.2, 0.25) is 0 Å². The van der Waals surface area contributed by atoms with Gasteiger partial charge < -0.3 is 5.32 Å². The summed E-state index contributed by atoms with van der Waals surface area (Å²) in [4.78, 5) is 0. The van der Waals surface area contributed by atoms with Crippen molar-refractivity contribution in [3.8, 4) is 0 Å². The molecule has 1 fully saturated rings. The second-order valence-corrected chi connectivity index (χ2v) is 6.64. The van der Waals surface area contributed by atoms with Gasteiger partial charge in [-0.15, -0.1) is 0 Å². The molecule has 1 aromatic carbocycles. The lowest BCUT2D eigenvalue weighted by atomic mass is 9.75. The van der Waals surface area contributed by atoms with Gasteiger partial charge in [-0.25, -0.2) is 4.39 Å². The van der Waals surface area contributed by atoms with Crippen LogP contribution in [0.4, 0.5) is 4.39 Å². The largest absolute Gasteiger partial charge is 0.310 e. The minimum Gasteiger partial charge on any atom is -0.310 e. The Labute approximate surface area is 129 Å². The van der Waals surface area contributed by atoms with Crippen molar-refractivity contribution in [3.05, 3.63) is 35.1 Å². The highest BCUT2D eigenvalue weighted by molar-refractivity contribution is 5.27. The van der Waals surface area contributed by atoms with Crippen molar-refractivity contribution < 1.29 is 4.39 Å². The quantitative estimate of drug-likeness (QED) is 0.741. The van der Waals surface area contributed by atoms with Crippen molar-refractivity contribution in [1.82, 2.24) is 5.32 Å². The lowest BCUT2D eigenvalue weighted by molar-refractivity contribution is 0.209. The molecule has 0 radical (unpaired) electrons. The lowest BCUT2D eigenvalue weighted by Gasteiger charge is -2.35. The molecule has 2 rings (SSSR count). The van der Waals surface area contributed by atoms with Gasteiger partial charge in [0.25, 0.3) is 0 Å². The summed E-state index contributed by atoms with van der Waals surface area (Å²) in [6, 6.07) is 6.04. The maximum atomic E-state index is 13.6. The number of hydrogen-bond donors (Lipinski definition) is 1. The zero-order chi connectivity index (χ0) is 15.2. The van der Waals surface area contributed by atoms with E-state index in [9.17, 15) is 4.39 Å². The zero-order valence-electron chi connectivity index (χ0n) is 13.8. The van der Waals surface area contributed by atoms with E-state index in [1.165, 1.54) is 37.7 Å². The highest BCUT2D eigenvalue weighted by Crippen LogP contribution is 2.38. The van der Waals surface area contributed by atoms with E-state index in [0.29, 0.717) is 12.0 Å². The van der Waals surface area contributed by atoms with E-state index in [1.54, 1.807) is 6.07 Å². The highest BCUT2D eigenvalue weighted by Gasteiger charge is 2.28. The average molecular weight is 291 g/mol. The molecule has 3 atom stereocenters. The monoisotopic (exact) mass is 291 g/mol. The van der Waals surface area contributed by atoms with Gasteiger partial charge in [-0.3, -0.25) is 0 Å². The van der Waals surface area contributed by atoms with Crippen molar-refractivity contribution in [2.45, 2.75) is 65.3 Å². The van der Waals surface area contributed by atoms with Crippen LogP contribution in [-0.4, -0.2) is 6.54 Å². The van der Waals surface area contributed by atoms with E-state index in [4.69, 9.17) is 0 Å². The van der Waals surface area contributed by atoms with E-state index in [0.717, 1.165) is 24.4 Å². The van der Waals surface area contributed by atoms with Gasteiger partial charge in [-0.2, -0.15) is 0 Å². The molecule has 0 aromatic heterocycles. The Morgan fingerprint density at radius 1 is 1.29 bits per heavy atom. The van der Waals surface area contributed by atoms with Crippen LogP contribution in [-0.2, 0) is 0 Å². The standard InChI is InChI=1S/C19H30FN/c1-4-11-21-19(16-8-6-7-15(5-2)13-16)17-9-10-18(20)14(3)12-17/h9-10,12,15-16,19,21H,4-8,11,13H2,1-3H3. The van der Waals surface area contributed by atoms with E-state index in [2.05, 4.69) is 19.2 Å². The smallest absolute Gasteiger partial charge is 0.126 e. The third-order valence-electron chi connectivity index (χ3n) is 5.03. The second kappa shape index (κ2) is 7.93. The molecule has 0 bridgehead atoms. The molecule has 1 aromatic rings. The van der Waals surface area contributed by atoms with Crippen molar-refractivity contribution in [3.63, 3.8) is 0 Å². The molecule has 2 heteroatoms. The first-order valence-corrected chi connectivity index (χ1v) is 8.65. The molecule has 0 amide bonds. The minimum absolute atomic E-state index is 0.0944. The molecule has 1 aliphatic carbocycles. The molecule has 0 heterocycles. The minimum atomic E-state index is -0.0944. The normalized spacial score (nSPS) is 24.0. The van der Waals surface area contributed by atoms with E-state index < -0.39 is 0 Å². The number of hydrogen-bond acceptors (Lipinski definition) is 1. The van der Waals surface area contributed by atoms with Gasteiger partial charge in [0.15, 0.2) is 0 Å². The highest BCUT2D eigenvalue weighted by atomic mass is 19.1. The van der Waals surface area contributed by atoms with Crippen molar-refractivity contribution >= 4 is 0 Å². The fourth-order valence-corrected chi connectivity index (χ4v) is 3.72. The summed E-state index contributed by atoms with van der Waals surface area (Å²) < 4.78 is 13.6. The van der Waals surface area contributed by atoms with Crippen LogP contribution in [0.15, 0.2) is 18.2 Å². The lowest BCUT2D eigenvalue weighted by Crippen LogP contribution is -2.32. The van der Waals surface area contributed by atoms with Crippen molar-refractivity contribution in [2.75, 3.05) is 6.54 Å². The first kappa shape index (κ1) is 16.5. The maximum Gasteiger partial charge on any atom is 0.126 e. The molecule has 118 valence electrons. The molecule has 0 aliphatic heterocycles. The molecule has 0 saturated heterocycles. The summed E-state index contributed by atoms with van der Waals surface area (Å²) in [5.41, 5.74) is 2.03. The molecular weight excluding hydrogens is 261 g/mol. The Bertz CT molecular complexity index is 443. The summed E-state index contributed by atoms with van der Waals surface area (Å²) in [5.74, 6) is 1.47. The number of halogens is 1. The molecule has 1 aliphatic rings. The molecule has 1 saturated carbocycles. The van der Waals surface area contributed by atoms with Crippen LogP contribution in [0.5, 0.6) is 0 Å². The fourth-order valence-electron chi connectivity index (χ4n) is 3.72. The second-order valence-electron chi connectivity index (χ2n) is 6.64. The van der Waals surface area contributed by atoms with Crippen LogP contribution in [0, 0.1) is 24.6 Å². The zero-order valence-corrected chi connectivity index (χ0v) is 13.8. The summed E-state index contributed by atoms with van der Waals surface area (Å²) in [6.07, 6.45) is 7.77. The maximum absolute atomic E-state index is 13.6. The van der Waals surface area contributed by atoms with Gasteiger partial charge in [0.05, 0.1) is 0 Å². The molecule has 1 N–H and O–H groups in total. The SMILES string of the molecule is CCCNC(c1ccc(F)c(C)c1)C1CCCC(CC)C1. The first-order valence-electron chi connectivity index (χ1n) is 8.65. The van der Waals surface area contributed by atoms with Gasteiger partial charge in [-0.05, 0) is 61.8 Å². The van der Waals surface area contributed by atoms with Crippen LogP contribution in [0.25, 0.3) is 0 Å². The number of rotatable bonds is 6. The van der Waals surface area contributed by atoms with Crippen molar-refractivity contribution in [2.24, 2.45) is 11.8 Å². The molecule has 0 spiro atoms. The Hall–Kier alpha value is -0.890. The Morgan fingerprint density at radius 3 is 2.76 bits per heavy atom. The van der Waals surface area contributed by atoms with Gasteiger partial charge in [-0.1, -0.05) is 45.2 Å². The molecule has 1 nitrogen and oxygen atoms in total. The summed E-state index contributed by atoms with van der Waals surface area (Å²) in [6.45, 7) is 7.42. The number of benzene rings is 1. The Kier molecular flexibility index (Phi) is 6.22. The number of aryl methyl sites for hydroxylation is 1. The van der Waals surface area contributed by atoms with E-state index in [1.807, 2.05) is 19.1 Å². The van der Waals surface area contributed by atoms with Gasteiger partial charge >= 0.3 is 0 Å². The predicted octanol–water partition coefficient (Wildman–Crippen LogP) is 5.39. The topological polar surface area (TPSA) is 12.0 Å². The number of nitrogens with one attached hydrogen (secondary N) is 1. The van der Waals surface area contributed by atoms with E-state index >= 15 is 0 Å².